The number of hydrogen-bond donors (Lipinski definition) is 1. The normalized spacial score (nSPS) is 13.8. The van der Waals surface area contributed by atoms with Crippen molar-refractivity contribution in [2.45, 2.75) is 6.42 Å². The molecule has 0 amide bonds. The summed E-state index contributed by atoms with van der Waals surface area (Å²) in [5, 5.41) is 12.4. The van der Waals surface area contributed by atoms with Crippen LogP contribution in [0.15, 0.2) is 21.1 Å². The van der Waals surface area contributed by atoms with E-state index in [0.717, 1.165) is 6.07 Å². The van der Waals surface area contributed by atoms with Gasteiger partial charge in [0, 0.05) is 18.1 Å². The number of halogens is 2. The minimum absolute atomic E-state index is 0.0706. The Balaban J connectivity index is 2.12. The first-order valence-corrected chi connectivity index (χ1v) is 6.85. The first kappa shape index (κ1) is 13.9. The highest BCUT2D eigenvalue weighted by molar-refractivity contribution is 9.10. The molecule has 0 atom stereocenters. The van der Waals surface area contributed by atoms with Crippen LogP contribution >= 0.6 is 15.9 Å². The number of ether oxygens (including phenoxy) is 2. The molecule has 1 N–H and O–H groups in total. The van der Waals surface area contributed by atoms with Gasteiger partial charge in [0.25, 0.3) is 0 Å². The molecule has 0 aliphatic carbocycles. The maximum Gasteiger partial charge on any atom is 0.374 e. The van der Waals surface area contributed by atoms with Gasteiger partial charge < -0.3 is 19.1 Å². The fourth-order valence-electron chi connectivity index (χ4n) is 1.93. The molecule has 8 heteroatoms. The molecule has 0 fully saturated rings. The number of carboxylic acids is 1. The first-order chi connectivity index (χ1) is 10.1. The van der Waals surface area contributed by atoms with Gasteiger partial charge in [-0.15, -0.1) is 0 Å². The zero-order valence-corrected chi connectivity index (χ0v) is 12.1. The summed E-state index contributed by atoms with van der Waals surface area (Å²) in [4.78, 5) is 10.8. The highest BCUT2D eigenvalue weighted by Gasteiger charge is 2.24. The lowest BCUT2D eigenvalue weighted by molar-refractivity contribution is 0.0652. The van der Waals surface area contributed by atoms with E-state index in [4.69, 9.17) is 14.6 Å². The maximum atomic E-state index is 14.4. The molecule has 3 rings (SSSR count). The average Bonchev–Trinajstić information content (AvgIpc) is 2.83. The van der Waals surface area contributed by atoms with Crippen LogP contribution in [0.2, 0.25) is 0 Å². The quantitative estimate of drug-likeness (QED) is 0.889. The predicted molar refractivity (Wildman–Crippen MR) is 72.2 cm³/mol. The molecule has 1 aromatic heterocycles. The zero-order chi connectivity index (χ0) is 15.0. The van der Waals surface area contributed by atoms with Crippen LogP contribution in [0, 0.1) is 5.82 Å². The molecule has 2 aromatic rings. The van der Waals surface area contributed by atoms with Crippen molar-refractivity contribution in [2.75, 3.05) is 13.2 Å². The van der Waals surface area contributed by atoms with Crippen LogP contribution in [0.3, 0.4) is 0 Å². The molecule has 1 aliphatic rings. The Hall–Kier alpha value is -2.09. The summed E-state index contributed by atoms with van der Waals surface area (Å²) >= 11 is 3.13. The van der Waals surface area contributed by atoms with Crippen LogP contribution in [0.4, 0.5) is 4.39 Å². The van der Waals surface area contributed by atoms with E-state index in [2.05, 4.69) is 25.6 Å². The number of carboxylic acid groups (broad SMARTS) is 1. The first-order valence-electron chi connectivity index (χ1n) is 6.06. The molecule has 0 spiro atoms. The predicted octanol–water partition coefficient (Wildman–Crippen LogP) is 3.10. The number of rotatable bonds is 2. The second kappa shape index (κ2) is 5.36. The van der Waals surface area contributed by atoms with E-state index in [1.54, 1.807) is 0 Å². The molecule has 110 valence electrons. The summed E-state index contributed by atoms with van der Waals surface area (Å²) in [5.74, 6) is -1.61. The lowest BCUT2D eigenvalue weighted by atomic mass is 10.1. The molecule has 21 heavy (non-hydrogen) atoms. The van der Waals surface area contributed by atoms with E-state index in [1.807, 2.05) is 0 Å². The van der Waals surface area contributed by atoms with Gasteiger partial charge in [0.15, 0.2) is 17.3 Å². The Labute approximate surface area is 126 Å². The Morgan fingerprint density at radius 3 is 2.81 bits per heavy atom. The topological polar surface area (TPSA) is 81.8 Å². The van der Waals surface area contributed by atoms with Gasteiger partial charge in [0.1, 0.15) is 5.69 Å². The lowest BCUT2D eigenvalue weighted by Crippen LogP contribution is -1.97. The zero-order valence-electron chi connectivity index (χ0n) is 10.6. The van der Waals surface area contributed by atoms with Crippen molar-refractivity contribution in [3.63, 3.8) is 0 Å². The summed E-state index contributed by atoms with van der Waals surface area (Å²) in [5.41, 5.74) is 0.142. The monoisotopic (exact) mass is 357 g/mol. The van der Waals surface area contributed by atoms with Gasteiger partial charge in [-0.1, -0.05) is 5.16 Å². The average molecular weight is 358 g/mol. The number of benzene rings is 1. The molecule has 2 heterocycles. The fraction of sp³-hybridized carbons (Fsp3) is 0.231. The highest BCUT2D eigenvalue weighted by Crippen LogP contribution is 2.43. The van der Waals surface area contributed by atoms with E-state index in [-0.39, 0.29) is 27.2 Å². The van der Waals surface area contributed by atoms with Gasteiger partial charge in [-0.2, -0.15) is 0 Å². The third-order valence-corrected chi connectivity index (χ3v) is 3.63. The second-order valence-corrected chi connectivity index (χ2v) is 5.10. The third-order valence-electron chi connectivity index (χ3n) is 2.92. The summed E-state index contributed by atoms with van der Waals surface area (Å²) in [6, 6.07) is 2.57. The molecule has 6 nitrogen and oxygen atoms in total. The van der Waals surface area contributed by atoms with Crippen molar-refractivity contribution in [1.29, 1.82) is 0 Å². The third kappa shape index (κ3) is 2.46. The van der Waals surface area contributed by atoms with Crippen molar-refractivity contribution in [3.8, 4) is 22.8 Å². The van der Waals surface area contributed by atoms with E-state index in [1.165, 1.54) is 6.07 Å². The number of aromatic carboxylic acids is 1. The van der Waals surface area contributed by atoms with Gasteiger partial charge in [-0.05, 0) is 22.0 Å². The number of fused-ring (bicyclic) bond motifs is 1. The van der Waals surface area contributed by atoms with Gasteiger partial charge >= 0.3 is 5.97 Å². The Kier molecular flexibility index (Phi) is 3.54. The minimum Gasteiger partial charge on any atom is -0.489 e. The van der Waals surface area contributed by atoms with Crippen LogP contribution in [-0.2, 0) is 0 Å². The minimum atomic E-state index is -1.28. The van der Waals surface area contributed by atoms with Crippen LogP contribution in [0.1, 0.15) is 17.0 Å². The molecule has 1 aromatic carbocycles. The van der Waals surface area contributed by atoms with Crippen molar-refractivity contribution in [2.24, 2.45) is 0 Å². The van der Waals surface area contributed by atoms with E-state index in [9.17, 15) is 9.18 Å². The van der Waals surface area contributed by atoms with Crippen LogP contribution in [-0.4, -0.2) is 29.4 Å². The fourth-order valence-corrected chi connectivity index (χ4v) is 2.46. The van der Waals surface area contributed by atoms with E-state index < -0.39 is 11.8 Å². The summed E-state index contributed by atoms with van der Waals surface area (Å²) in [6.07, 6.45) is 0.686. The van der Waals surface area contributed by atoms with Crippen LogP contribution < -0.4 is 9.47 Å². The van der Waals surface area contributed by atoms with E-state index >= 15 is 0 Å². The summed E-state index contributed by atoms with van der Waals surface area (Å²) in [6.45, 7) is 0.876. The van der Waals surface area contributed by atoms with Gasteiger partial charge in [0.2, 0.25) is 5.76 Å². The molecule has 0 radical (unpaired) electrons. The van der Waals surface area contributed by atoms with Crippen molar-refractivity contribution < 1.29 is 28.3 Å². The smallest absolute Gasteiger partial charge is 0.374 e. The molecule has 0 bridgehead atoms. The Bertz CT molecular complexity index is 715. The number of aromatic nitrogens is 1. The number of hydrogen-bond acceptors (Lipinski definition) is 5. The number of nitrogens with zero attached hydrogens (tertiary/aromatic N) is 1. The van der Waals surface area contributed by atoms with Gasteiger partial charge in [-0.3, -0.25) is 0 Å². The Morgan fingerprint density at radius 2 is 2.10 bits per heavy atom. The maximum absolute atomic E-state index is 14.4. The standard InChI is InChI=1S/C13H9BrFNO5/c14-10-11(15)6(7-5-9(13(17)18)21-16-7)4-8-12(10)20-3-1-2-19-8/h4-5H,1-3H2,(H,17,18). The largest absolute Gasteiger partial charge is 0.489 e. The van der Waals surface area contributed by atoms with Crippen molar-refractivity contribution in [3.05, 3.63) is 28.2 Å². The van der Waals surface area contributed by atoms with Crippen molar-refractivity contribution >= 4 is 21.9 Å². The lowest BCUT2D eigenvalue weighted by Gasteiger charge is -2.12. The van der Waals surface area contributed by atoms with Crippen LogP contribution in [0.25, 0.3) is 11.3 Å². The van der Waals surface area contributed by atoms with Crippen molar-refractivity contribution in [1.82, 2.24) is 5.16 Å². The molecule has 0 saturated carbocycles. The number of carbonyl (C=O) groups is 1. The highest BCUT2D eigenvalue weighted by atomic mass is 79.9. The Morgan fingerprint density at radius 1 is 1.33 bits per heavy atom. The molecular weight excluding hydrogens is 349 g/mol. The molecule has 0 saturated heterocycles. The molecular formula is C13H9BrFNO5. The van der Waals surface area contributed by atoms with E-state index in [0.29, 0.717) is 25.4 Å². The second-order valence-electron chi connectivity index (χ2n) is 4.31. The SMILES string of the molecule is O=C(O)c1cc(-c2cc3c(c(Br)c2F)OCCCO3)no1. The summed E-state index contributed by atoms with van der Waals surface area (Å²) < 4.78 is 30.1. The molecule has 0 unspecified atom stereocenters. The molecule has 1 aliphatic heterocycles. The van der Waals surface area contributed by atoms with Gasteiger partial charge in [-0.25, -0.2) is 9.18 Å². The van der Waals surface area contributed by atoms with Crippen LogP contribution in [0.5, 0.6) is 11.5 Å². The summed E-state index contributed by atoms with van der Waals surface area (Å²) in [7, 11) is 0. The van der Waals surface area contributed by atoms with Gasteiger partial charge in [0.05, 0.1) is 17.7 Å².